The Hall–Kier alpha value is -3.22. The van der Waals surface area contributed by atoms with Gasteiger partial charge in [-0.1, -0.05) is 24.3 Å². The van der Waals surface area contributed by atoms with E-state index in [0.29, 0.717) is 0 Å². The van der Waals surface area contributed by atoms with E-state index in [1.807, 2.05) is 0 Å². The Morgan fingerprint density at radius 3 is 2.32 bits per heavy atom. The molecule has 4 rings (SSSR count). The van der Waals surface area contributed by atoms with Gasteiger partial charge in [-0.3, -0.25) is 20.2 Å². The predicted octanol–water partition coefficient (Wildman–Crippen LogP) is 4.33. The normalized spacial score (nSPS) is 23.4. The Balaban J connectivity index is 1.72. The van der Waals surface area contributed by atoms with Crippen molar-refractivity contribution in [1.29, 1.82) is 0 Å². The van der Waals surface area contributed by atoms with Crippen LogP contribution in [0.4, 0.5) is 17.1 Å². The van der Waals surface area contributed by atoms with Crippen LogP contribution in [0, 0.1) is 26.1 Å². The van der Waals surface area contributed by atoms with E-state index in [1.54, 1.807) is 24.3 Å². The molecule has 1 aliphatic heterocycles. The maximum Gasteiger partial charge on any atom is 0.269 e. The number of nitro benzene ring substituents is 2. The van der Waals surface area contributed by atoms with E-state index >= 15 is 0 Å². The van der Waals surface area contributed by atoms with Crippen molar-refractivity contribution < 1.29 is 9.85 Å². The van der Waals surface area contributed by atoms with Crippen molar-refractivity contribution in [1.82, 2.24) is 0 Å². The van der Waals surface area contributed by atoms with Crippen molar-refractivity contribution in [2.75, 3.05) is 5.32 Å². The first kappa shape index (κ1) is 15.3. The minimum Gasteiger partial charge on any atom is -0.378 e. The van der Waals surface area contributed by atoms with Crippen molar-refractivity contribution >= 4 is 17.1 Å². The number of nitro groups is 2. The molecule has 1 aliphatic carbocycles. The second-order valence-electron chi connectivity index (χ2n) is 6.35. The van der Waals surface area contributed by atoms with E-state index in [4.69, 9.17) is 0 Å². The highest BCUT2D eigenvalue weighted by Gasteiger charge is 2.38. The highest BCUT2D eigenvalue weighted by Crippen LogP contribution is 2.50. The van der Waals surface area contributed by atoms with Gasteiger partial charge in [-0.05, 0) is 29.5 Å². The van der Waals surface area contributed by atoms with Gasteiger partial charge >= 0.3 is 0 Å². The molecule has 0 saturated carbocycles. The van der Waals surface area contributed by atoms with Gasteiger partial charge in [-0.15, -0.1) is 0 Å². The third-order valence-corrected chi connectivity index (χ3v) is 5.02. The van der Waals surface area contributed by atoms with Gasteiger partial charge in [0.1, 0.15) is 0 Å². The van der Waals surface area contributed by atoms with Crippen LogP contribution in [0.5, 0.6) is 0 Å². The summed E-state index contributed by atoms with van der Waals surface area (Å²) in [6.45, 7) is 0. The minimum absolute atomic E-state index is 0.00904. The molecule has 0 bridgehead atoms. The quantitative estimate of drug-likeness (QED) is 0.510. The number of hydrogen-bond acceptors (Lipinski definition) is 5. The molecule has 0 fully saturated rings. The van der Waals surface area contributed by atoms with Crippen molar-refractivity contribution in [3.05, 3.63) is 86.0 Å². The summed E-state index contributed by atoms with van der Waals surface area (Å²) in [6.07, 6.45) is 5.07. The summed E-state index contributed by atoms with van der Waals surface area (Å²) < 4.78 is 0. The van der Waals surface area contributed by atoms with Crippen molar-refractivity contribution in [2.24, 2.45) is 5.92 Å². The van der Waals surface area contributed by atoms with Gasteiger partial charge in [0.2, 0.25) is 0 Å². The Labute approximate surface area is 143 Å². The SMILES string of the molecule is O=[N+]([O-])c1ccc([C@@H]2Nc3ccc([N+](=O)[O-])cc3[C@H]3C=CC[C@H]32)cc1. The number of fused-ring (bicyclic) bond motifs is 3. The van der Waals surface area contributed by atoms with Gasteiger partial charge in [0.15, 0.2) is 0 Å². The van der Waals surface area contributed by atoms with Gasteiger partial charge in [0, 0.05) is 35.9 Å². The number of non-ortho nitro benzene ring substituents is 2. The number of allylic oxidation sites excluding steroid dienone is 2. The van der Waals surface area contributed by atoms with E-state index in [2.05, 4.69) is 17.5 Å². The van der Waals surface area contributed by atoms with Crippen LogP contribution in [0.3, 0.4) is 0 Å². The first-order valence-corrected chi connectivity index (χ1v) is 8.00. The highest BCUT2D eigenvalue weighted by molar-refractivity contribution is 5.63. The summed E-state index contributed by atoms with van der Waals surface area (Å²) in [5, 5.41) is 25.4. The van der Waals surface area contributed by atoms with Crippen LogP contribution >= 0.6 is 0 Å². The van der Waals surface area contributed by atoms with Gasteiger partial charge < -0.3 is 5.32 Å². The molecule has 0 amide bonds. The first-order valence-electron chi connectivity index (χ1n) is 8.00. The molecule has 2 aromatic rings. The average Bonchev–Trinajstić information content (AvgIpc) is 3.10. The molecule has 0 spiro atoms. The van der Waals surface area contributed by atoms with Crippen molar-refractivity contribution in [3.63, 3.8) is 0 Å². The maximum absolute atomic E-state index is 11.1. The standard InChI is InChI=1S/C18H15N3O4/c22-20(23)12-6-4-11(5-7-12)18-15-3-1-2-14(15)16-10-13(21(24)25)8-9-17(16)19-18/h1-2,4-10,14-15,18-19H,3H2/t14-,15+,18-/m0/s1. The van der Waals surface area contributed by atoms with Gasteiger partial charge in [0.05, 0.1) is 15.9 Å². The summed E-state index contributed by atoms with van der Waals surface area (Å²) in [7, 11) is 0. The van der Waals surface area contributed by atoms with Crippen LogP contribution < -0.4 is 5.32 Å². The minimum atomic E-state index is -0.410. The zero-order valence-corrected chi connectivity index (χ0v) is 13.2. The zero-order chi connectivity index (χ0) is 17.6. The third kappa shape index (κ3) is 2.53. The Kier molecular flexibility index (Phi) is 3.49. The fraction of sp³-hybridized carbons (Fsp3) is 0.222. The van der Waals surface area contributed by atoms with Gasteiger partial charge in [0.25, 0.3) is 11.4 Å². The molecule has 0 radical (unpaired) electrons. The lowest BCUT2D eigenvalue weighted by atomic mass is 9.77. The number of anilines is 1. The molecular weight excluding hydrogens is 322 g/mol. The molecule has 1 N–H and O–H groups in total. The second-order valence-corrected chi connectivity index (χ2v) is 6.35. The lowest BCUT2D eigenvalue weighted by Gasteiger charge is -2.37. The smallest absolute Gasteiger partial charge is 0.269 e. The summed E-state index contributed by atoms with van der Waals surface area (Å²) in [6, 6.07) is 11.5. The predicted molar refractivity (Wildman–Crippen MR) is 92.5 cm³/mol. The molecule has 126 valence electrons. The lowest BCUT2D eigenvalue weighted by molar-refractivity contribution is -0.385. The Morgan fingerprint density at radius 2 is 1.64 bits per heavy atom. The number of benzene rings is 2. The van der Waals surface area contributed by atoms with Crippen LogP contribution in [0.1, 0.15) is 29.5 Å². The van der Waals surface area contributed by atoms with E-state index < -0.39 is 4.92 Å². The number of nitrogens with zero attached hydrogens (tertiary/aromatic N) is 2. The van der Waals surface area contributed by atoms with Crippen LogP contribution in [-0.4, -0.2) is 9.85 Å². The highest BCUT2D eigenvalue weighted by atomic mass is 16.6. The van der Waals surface area contributed by atoms with Crippen LogP contribution in [0.25, 0.3) is 0 Å². The molecule has 25 heavy (non-hydrogen) atoms. The van der Waals surface area contributed by atoms with E-state index in [0.717, 1.165) is 23.2 Å². The van der Waals surface area contributed by atoms with Crippen LogP contribution in [-0.2, 0) is 0 Å². The Bertz CT molecular complexity index is 892. The summed E-state index contributed by atoms with van der Waals surface area (Å²) in [4.78, 5) is 21.1. The largest absolute Gasteiger partial charge is 0.378 e. The Morgan fingerprint density at radius 1 is 0.960 bits per heavy atom. The lowest BCUT2D eigenvalue weighted by Crippen LogP contribution is -2.29. The maximum atomic E-state index is 11.1. The fourth-order valence-electron chi connectivity index (χ4n) is 3.83. The second kappa shape index (κ2) is 5.70. The molecule has 2 aliphatic rings. The number of hydrogen-bond donors (Lipinski definition) is 1. The van der Waals surface area contributed by atoms with E-state index in [-0.39, 0.29) is 34.2 Å². The molecule has 3 atom stereocenters. The summed E-state index contributed by atoms with van der Waals surface area (Å²) >= 11 is 0. The third-order valence-electron chi connectivity index (χ3n) is 5.02. The van der Waals surface area contributed by atoms with Crippen LogP contribution in [0.15, 0.2) is 54.6 Å². The molecule has 0 unspecified atom stereocenters. The number of nitrogens with one attached hydrogen (secondary N) is 1. The molecule has 2 aromatic carbocycles. The topological polar surface area (TPSA) is 98.3 Å². The van der Waals surface area contributed by atoms with Crippen molar-refractivity contribution in [3.8, 4) is 0 Å². The molecule has 0 saturated heterocycles. The molecule has 1 heterocycles. The average molecular weight is 337 g/mol. The van der Waals surface area contributed by atoms with Crippen molar-refractivity contribution in [2.45, 2.75) is 18.4 Å². The summed E-state index contributed by atoms with van der Waals surface area (Å²) in [5.41, 5.74) is 2.95. The fourth-order valence-corrected chi connectivity index (χ4v) is 3.83. The first-order chi connectivity index (χ1) is 12.0. The van der Waals surface area contributed by atoms with Gasteiger partial charge in [-0.25, -0.2) is 0 Å². The molecule has 7 heteroatoms. The zero-order valence-electron chi connectivity index (χ0n) is 13.2. The summed E-state index contributed by atoms with van der Waals surface area (Å²) in [5.74, 6) is 0.340. The number of rotatable bonds is 3. The molecule has 0 aromatic heterocycles. The molecular formula is C18H15N3O4. The molecule has 7 nitrogen and oxygen atoms in total. The van der Waals surface area contributed by atoms with E-state index in [1.165, 1.54) is 18.2 Å². The van der Waals surface area contributed by atoms with E-state index in [9.17, 15) is 20.2 Å². The van der Waals surface area contributed by atoms with Crippen LogP contribution in [0.2, 0.25) is 0 Å². The van der Waals surface area contributed by atoms with Gasteiger partial charge in [-0.2, -0.15) is 0 Å². The monoisotopic (exact) mass is 337 g/mol.